The number of hydrogen-bond donors (Lipinski definition) is 2. The van der Waals surface area contributed by atoms with Gasteiger partial charge in [0, 0.05) is 17.5 Å². The number of carboxylic acid groups (broad SMARTS) is 1. The average molecular weight is 517 g/mol. The first-order valence-electron chi connectivity index (χ1n) is 12.0. The van der Waals surface area contributed by atoms with Crippen LogP contribution in [0.2, 0.25) is 0 Å². The number of aromatic nitrogens is 1. The molecule has 0 fully saturated rings. The summed E-state index contributed by atoms with van der Waals surface area (Å²) in [5.41, 5.74) is 8.92. The fraction of sp³-hybridized carbons (Fsp3) is 0.207. The van der Waals surface area contributed by atoms with Gasteiger partial charge in [-0.15, -0.1) is 0 Å². The fourth-order valence-electron chi connectivity index (χ4n) is 3.71. The van der Waals surface area contributed by atoms with Crippen molar-refractivity contribution in [2.24, 2.45) is 5.73 Å². The first-order valence-corrected chi connectivity index (χ1v) is 12.0. The van der Waals surface area contributed by atoms with Crippen molar-refractivity contribution in [3.05, 3.63) is 101 Å². The van der Waals surface area contributed by atoms with E-state index in [0.717, 1.165) is 16.8 Å². The molecule has 0 aliphatic carbocycles. The summed E-state index contributed by atoms with van der Waals surface area (Å²) in [6, 6.07) is 22.3. The molecule has 38 heavy (non-hydrogen) atoms. The third-order valence-electron chi connectivity index (χ3n) is 5.67. The number of rotatable bonds is 12. The topological polar surface area (TPSA) is 134 Å². The first-order chi connectivity index (χ1) is 18.4. The molecule has 0 spiro atoms. The van der Waals surface area contributed by atoms with Gasteiger partial charge in [-0.05, 0) is 42.8 Å². The summed E-state index contributed by atoms with van der Waals surface area (Å²) >= 11 is 0. The van der Waals surface area contributed by atoms with Crippen LogP contribution in [0.4, 0.5) is 0 Å². The van der Waals surface area contributed by atoms with Crippen molar-refractivity contribution in [2.45, 2.75) is 26.0 Å². The van der Waals surface area contributed by atoms with Crippen LogP contribution in [0.3, 0.4) is 0 Å². The van der Waals surface area contributed by atoms with Crippen molar-refractivity contribution < 1.29 is 33.3 Å². The molecule has 0 aliphatic rings. The standard InChI is InChI=1S/C29H28N2O7/c1-19-24(31-28(38-19)21-10-6-3-7-11-21)14-15-35-22-12-13-25(36-18-26(32)33)23(16-22)27(30)29(34)37-17-20-8-4-2-5-9-20/h2-13,16,27H,14-15,17-18,30H2,1H3,(H,32,33). The van der Waals surface area contributed by atoms with Gasteiger partial charge in [0.2, 0.25) is 5.89 Å². The molecule has 3 N–H and O–H groups in total. The summed E-state index contributed by atoms with van der Waals surface area (Å²) in [6.45, 7) is 1.59. The van der Waals surface area contributed by atoms with Gasteiger partial charge in [0.25, 0.3) is 0 Å². The largest absolute Gasteiger partial charge is 0.493 e. The molecule has 0 radical (unpaired) electrons. The predicted octanol–water partition coefficient (Wildman–Crippen LogP) is 4.48. The van der Waals surface area contributed by atoms with Crippen LogP contribution in [-0.4, -0.2) is 35.2 Å². The highest BCUT2D eigenvalue weighted by Crippen LogP contribution is 2.30. The second-order valence-electron chi connectivity index (χ2n) is 8.44. The molecule has 0 saturated carbocycles. The van der Waals surface area contributed by atoms with E-state index in [1.807, 2.05) is 67.6 Å². The highest BCUT2D eigenvalue weighted by molar-refractivity contribution is 5.79. The number of ether oxygens (including phenoxy) is 3. The van der Waals surface area contributed by atoms with Gasteiger partial charge in [-0.25, -0.2) is 14.6 Å². The lowest BCUT2D eigenvalue weighted by Gasteiger charge is -2.17. The summed E-state index contributed by atoms with van der Waals surface area (Å²) in [6.07, 6.45) is 0.486. The van der Waals surface area contributed by atoms with Crippen LogP contribution in [0.15, 0.2) is 83.3 Å². The number of benzene rings is 3. The third kappa shape index (κ3) is 6.98. The molecule has 0 aliphatic heterocycles. The number of carbonyl (C=O) groups is 2. The van der Waals surface area contributed by atoms with E-state index in [2.05, 4.69) is 4.98 Å². The summed E-state index contributed by atoms with van der Waals surface area (Å²) in [7, 11) is 0. The minimum absolute atomic E-state index is 0.0525. The monoisotopic (exact) mass is 516 g/mol. The van der Waals surface area contributed by atoms with Gasteiger partial charge in [-0.1, -0.05) is 48.5 Å². The molecular formula is C29H28N2O7. The number of carboxylic acids is 1. The van der Waals surface area contributed by atoms with Crippen LogP contribution < -0.4 is 15.2 Å². The van der Waals surface area contributed by atoms with Crippen molar-refractivity contribution in [3.63, 3.8) is 0 Å². The van der Waals surface area contributed by atoms with E-state index in [0.29, 0.717) is 23.8 Å². The average Bonchev–Trinajstić information content (AvgIpc) is 3.31. The maximum absolute atomic E-state index is 12.7. The Labute approximate surface area is 219 Å². The zero-order valence-electron chi connectivity index (χ0n) is 20.8. The van der Waals surface area contributed by atoms with E-state index < -0.39 is 24.6 Å². The van der Waals surface area contributed by atoms with Crippen LogP contribution in [0.25, 0.3) is 11.5 Å². The zero-order valence-corrected chi connectivity index (χ0v) is 20.8. The minimum atomic E-state index is -1.21. The lowest BCUT2D eigenvalue weighted by atomic mass is 10.1. The number of nitrogens with zero attached hydrogens (tertiary/aromatic N) is 1. The van der Waals surface area contributed by atoms with Crippen LogP contribution in [-0.2, 0) is 27.4 Å². The van der Waals surface area contributed by atoms with Gasteiger partial charge in [0.1, 0.15) is 29.9 Å². The minimum Gasteiger partial charge on any atom is -0.493 e. The Kier molecular flexibility index (Phi) is 8.73. The summed E-state index contributed by atoms with van der Waals surface area (Å²) in [5.74, 6) is -0.0107. The van der Waals surface area contributed by atoms with Gasteiger partial charge >= 0.3 is 11.9 Å². The summed E-state index contributed by atoms with van der Waals surface area (Å²) in [5, 5.41) is 9.01. The quantitative estimate of drug-likeness (QED) is 0.261. The SMILES string of the molecule is Cc1oc(-c2ccccc2)nc1CCOc1ccc(OCC(=O)O)c(C(N)C(=O)OCc2ccccc2)c1. The maximum Gasteiger partial charge on any atom is 0.341 e. The van der Waals surface area contributed by atoms with Gasteiger partial charge in [0.05, 0.1) is 12.3 Å². The number of esters is 1. The first kappa shape index (κ1) is 26.4. The van der Waals surface area contributed by atoms with E-state index in [9.17, 15) is 9.59 Å². The highest BCUT2D eigenvalue weighted by Gasteiger charge is 2.23. The number of hydrogen-bond acceptors (Lipinski definition) is 8. The molecule has 4 aromatic rings. The molecule has 9 nitrogen and oxygen atoms in total. The Bertz CT molecular complexity index is 1370. The van der Waals surface area contributed by atoms with Crippen molar-refractivity contribution in [2.75, 3.05) is 13.2 Å². The molecule has 196 valence electrons. The third-order valence-corrected chi connectivity index (χ3v) is 5.67. The fourth-order valence-corrected chi connectivity index (χ4v) is 3.71. The molecule has 4 rings (SSSR count). The molecule has 9 heteroatoms. The highest BCUT2D eigenvalue weighted by atomic mass is 16.5. The summed E-state index contributed by atoms with van der Waals surface area (Å²) in [4.78, 5) is 28.3. The van der Waals surface area contributed by atoms with Crippen molar-refractivity contribution >= 4 is 11.9 Å². The van der Waals surface area contributed by atoms with Gasteiger partial charge in [-0.3, -0.25) is 0 Å². The number of aryl methyl sites for hydroxylation is 1. The number of aliphatic carboxylic acids is 1. The molecule has 0 amide bonds. The van der Waals surface area contributed by atoms with Crippen LogP contribution in [0.1, 0.15) is 28.6 Å². The molecular weight excluding hydrogens is 488 g/mol. The van der Waals surface area contributed by atoms with Crippen LogP contribution in [0, 0.1) is 6.92 Å². The Morgan fingerprint density at radius 3 is 2.42 bits per heavy atom. The van der Waals surface area contributed by atoms with Gasteiger partial charge in [0.15, 0.2) is 6.61 Å². The molecule has 0 saturated heterocycles. The van der Waals surface area contributed by atoms with E-state index in [4.69, 9.17) is 29.5 Å². The second-order valence-corrected chi connectivity index (χ2v) is 8.44. The number of carbonyl (C=O) groups excluding carboxylic acids is 1. The lowest BCUT2D eigenvalue weighted by Crippen LogP contribution is -2.25. The molecule has 3 aromatic carbocycles. The van der Waals surface area contributed by atoms with Gasteiger partial charge < -0.3 is 29.5 Å². The molecule has 1 atom stereocenters. The number of oxazole rings is 1. The Hall–Kier alpha value is -4.63. The van der Waals surface area contributed by atoms with Crippen molar-refractivity contribution in [1.29, 1.82) is 0 Å². The van der Waals surface area contributed by atoms with Crippen molar-refractivity contribution in [1.82, 2.24) is 4.98 Å². The van der Waals surface area contributed by atoms with Gasteiger partial charge in [-0.2, -0.15) is 0 Å². The second kappa shape index (κ2) is 12.6. The number of nitrogens with two attached hydrogens (primary N) is 1. The molecule has 1 aromatic heterocycles. The predicted molar refractivity (Wildman–Crippen MR) is 139 cm³/mol. The lowest BCUT2D eigenvalue weighted by molar-refractivity contribution is -0.146. The normalized spacial score (nSPS) is 11.5. The smallest absolute Gasteiger partial charge is 0.341 e. The van der Waals surface area contributed by atoms with E-state index in [1.54, 1.807) is 12.1 Å². The molecule has 1 unspecified atom stereocenters. The zero-order chi connectivity index (χ0) is 26.9. The van der Waals surface area contributed by atoms with Crippen LogP contribution in [0.5, 0.6) is 11.5 Å². The van der Waals surface area contributed by atoms with E-state index in [1.165, 1.54) is 6.07 Å². The van der Waals surface area contributed by atoms with E-state index >= 15 is 0 Å². The molecule has 0 bridgehead atoms. The summed E-state index contributed by atoms with van der Waals surface area (Å²) < 4.78 is 22.4. The molecule has 1 heterocycles. The van der Waals surface area contributed by atoms with Crippen molar-refractivity contribution in [3.8, 4) is 23.0 Å². The van der Waals surface area contributed by atoms with E-state index in [-0.39, 0.29) is 24.5 Å². The Morgan fingerprint density at radius 2 is 1.71 bits per heavy atom. The Morgan fingerprint density at radius 1 is 1.00 bits per heavy atom. The maximum atomic E-state index is 12.7. The van der Waals surface area contributed by atoms with Crippen LogP contribution >= 0.6 is 0 Å². The Balaban J connectivity index is 1.43.